The molecule has 0 saturated heterocycles. The van der Waals surface area contributed by atoms with E-state index in [1.54, 1.807) is 30.8 Å². The van der Waals surface area contributed by atoms with E-state index >= 15 is 0 Å². The Balaban J connectivity index is 1.70. The van der Waals surface area contributed by atoms with Gasteiger partial charge in [-0.2, -0.15) is 0 Å². The van der Waals surface area contributed by atoms with Gasteiger partial charge in [-0.1, -0.05) is 6.07 Å². The van der Waals surface area contributed by atoms with Crippen molar-refractivity contribution in [2.24, 2.45) is 0 Å². The van der Waals surface area contributed by atoms with Crippen LogP contribution in [-0.4, -0.2) is 28.2 Å². The van der Waals surface area contributed by atoms with Crippen LogP contribution in [0.5, 0.6) is 11.5 Å². The third-order valence-electron chi connectivity index (χ3n) is 4.10. The second-order valence-corrected chi connectivity index (χ2v) is 6.60. The van der Waals surface area contributed by atoms with E-state index in [-0.39, 0.29) is 5.75 Å². The molecular weight excluding hydrogens is 310 g/mol. The summed E-state index contributed by atoms with van der Waals surface area (Å²) in [4.78, 5) is 12.2. The smallest absolute Gasteiger partial charge is 0.160 e. The maximum Gasteiger partial charge on any atom is 0.160 e. The molecule has 2 aromatic heterocycles. The van der Waals surface area contributed by atoms with Crippen molar-refractivity contribution in [3.05, 3.63) is 41.5 Å². The van der Waals surface area contributed by atoms with Gasteiger partial charge >= 0.3 is 0 Å². The van der Waals surface area contributed by atoms with Gasteiger partial charge in [0.1, 0.15) is 17.0 Å². The quantitative estimate of drug-likeness (QED) is 0.776. The zero-order valence-electron chi connectivity index (χ0n) is 12.8. The highest BCUT2D eigenvalue weighted by Gasteiger charge is 2.31. The van der Waals surface area contributed by atoms with E-state index in [1.807, 2.05) is 12.1 Å². The molecule has 0 radical (unpaired) electrons. The number of hydrogen-bond acceptors (Lipinski definition) is 6. The normalized spacial score (nSPS) is 14.1. The van der Waals surface area contributed by atoms with Crippen molar-refractivity contribution in [1.29, 1.82) is 0 Å². The Morgan fingerprint density at radius 2 is 2.17 bits per heavy atom. The molecule has 0 unspecified atom stereocenters. The van der Waals surface area contributed by atoms with Gasteiger partial charge in [0.05, 0.1) is 12.5 Å². The van der Waals surface area contributed by atoms with E-state index in [1.165, 1.54) is 12.8 Å². The molecule has 2 heterocycles. The van der Waals surface area contributed by atoms with Crippen LogP contribution >= 0.6 is 11.3 Å². The SMILES string of the molecule is COc1cc(CN(c2ncnc3sccc23)C2CC2)ccc1O. The van der Waals surface area contributed by atoms with E-state index < -0.39 is 0 Å². The van der Waals surface area contributed by atoms with Crippen LogP contribution in [0.15, 0.2) is 36.0 Å². The molecule has 0 aliphatic heterocycles. The number of rotatable bonds is 5. The van der Waals surface area contributed by atoms with Crippen molar-refractivity contribution in [2.75, 3.05) is 12.0 Å². The van der Waals surface area contributed by atoms with Crippen LogP contribution < -0.4 is 9.64 Å². The summed E-state index contributed by atoms with van der Waals surface area (Å²) in [5.41, 5.74) is 1.09. The molecule has 1 aliphatic carbocycles. The van der Waals surface area contributed by atoms with Crippen molar-refractivity contribution in [3.8, 4) is 11.5 Å². The number of methoxy groups -OCH3 is 1. The predicted octanol–water partition coefficient (Wildman–Crippen LogP) is 3.57. The fraction of sp³-hybridized carbons (Fsp3) is 0.294. The molecular formula is C17H17N3O2S. The second-order valence-electron chi connectivity index (χ2n) is 5.70. The molecule has 6 heteroatoms. The Kier molecular flexibility index (Phi) is 3.53. The van der Waals surface area contributed by atoms with Gasteiger partial charge in [0.2, 0.25) is 0 Å². The zero-order chi connectivity index (χ0) is 15.8. The molecule has 4 rings (SSSR count). The lowest BCUT2D eigenvalue weighted by Gasteiger charge is -2.24. The molecule has 0 spiro atoms. The van der Waals surface area contributed by atoms with Crippen molar-refractivity contribution in [1.82, 2.24) is 9.97 Å². The van der Waals surface area contributed by atoms with E-state index in [0.717, 1.165) is 28.1 Å². The summed E-state index contributed by atoms with van der Waals surface area (Å²) in [5, 5.41) is 12.9. The van der Waals surface area contributed by atoms with Crippen LogP contribution in [0.1, 0.15) is 18.4 Å². The van der Waals surface area contributed by atoms with Gasteiger partial charge in [-0.3, -0.25) is 0 Å². The van der Waals surface area contributed by atoms with E-state index in [9.17, 15) is 5.11 Å². The summed E-state index contributed by atoms with van der Waals surface area (Å²) in [6, 6.07) is 8.10. The van der Waals surface area contributed by atoms with Crippen molar-refractivity contribution in [2.45, 2.75) is 25.4 Å². The Bertz CT molecular complexity index is 845. The van der Waals surface area contributed by atoms with Crippen LogP contribution in [0.4, 0.5) is 5.82 Å². The first-order valence-corrected chi connectivity index (χ1v) is 8.45. The molecule has 118 valence electrons. The Hall–Kier alpha value is -2.34. The number of hydrogen-bond donors (Lipinski definition) is 1. The molecule has 1 N–H and O–H groups in total. The van der Waals surface area contributed by atoms with Gasteiger partial charge in [0, 0.05) is 12.6 Å². The number of aromatic nitrogens is 2. The van der Waals surface area contributed by atoms with Gasteiger partial charge in [0.15, 0.2) is 11.5 Å². The first-order valence-electron chi connectivity index (χ1n) is 7.57. The summed E-state index contributed by atoms with van der Waals surface area (Å²) in [5.74, 6) is 1.66. The van der Waals surface area contributed by atoms with Crippen LogP contribution in [0.2, 0.25) is 0 Å². The maximum absolute atomic E-state index is 9.76. The molecule has 1 aromatic carbocycles. The minimum absolute atomic E-state index is 0.163. The van der Waals surface area contributed by atoms with Gasteiger partial charge in [-0.15, -0.1) is 11.3 Å². The number of benzene rings is 1. The predicted molar refractivity (Wildman–Crippen MR) is 91.3 cm³/mol. The maximum atomic E-state index is 9.76. The highest BCUT2D eigenvalue weighted by molar-refractivity contribution is 7.16. The van der Waals surface area contributed by atoms with E-state index in [4.69, 9.17) is 4.74 Å². The molecule has 0 amide bonds. The number of ether oxygens (including phenoxy) is 1. The summed E-state index contributed by atoms with van der Waals surface area (Å²) < 4.78 is 5.21. The van der Waals surface area contributed by atoms with Crippen LogP contribution in [0.25, 0.3) is 10.2 Å². The second kappa shape index (κ2) is 5.70. The van der Waals surface area contributed by atoms with Crippen LogP contribution in [0, 0.1) is 0 Å². The van der Waals surface area contributed by atoms with Gasteiger partial charge in [-0.25, -0.2) is 9.97 Å². The van der Waals surface area contributed by atoms with Crippen molar-refractivity contribution in [3.63, 3.8) is 0 Å². The minimum Gasteiger partial charge on any atom is -0.504 e. The Morgan fingerprint density at radius 3 is 2.96 bits per heavy atom. The summed E-state index contributed by atoms with van der Waals surface area (Å²) >= 11 is 1.63. The third kappa shape index (κ3) is 2.70. The number of nitrogens with zero attached hydrogens (tertiary/aromatic N) is 3. The molecule has 1 saturated carbocycles. The fourth-order valence-electron chi connectivity index (χ4n) is 2.79. The lowest BCUT2D eigenvalue weighted by Crippen LogP contribution is -2.26. The molecule has 0 bridgehead atoms. The minimum atomic E-state index is 0.163. The Morgan fingerprint density at radius 1 is 1.30 bits per heavy atom. The Labute approximate surface area is 138 Å². The number of aromatic hydroxyl groups is 1. The molecule has 23 heavy (non-hydrogen) atoms. The van der Waals surface area contributed by atoms with Crippen molar-refractivity contribution < 1.29 is 9.84 Å². The highest BCUT2D eigenvalue weighted by Crippen LogP contribution is 2.37. The number of phenols is 1. The number of fused-ring (bicyclic) bond motifs is 1. The lowest BCUT2D eigenvalue weighted by atomic mass is 10.1. The third-order valence-corrected chi connectivity index (χ3v) is 4.92. The standard InChI is InChI=1S/C17H17N3O2S/c1-22-15-8-11(2-5-14(15)21)9-20(12-3-4-12)16-13-6-7-23-17(13)19-10-18-16/h2,5-8,10,12,21H,3-4,9H2,1H3. The number of anilines is 1. The fourth-order valence-corrected chi connectivity index (χ4v) is 3.51. The van der Waals surface area contributed by atoms with Gasteiger partial charge in [-0.05, 0) is 42.0 Å². The summed E-state index contributed by atoms with van der Waals surface area (Å²) in [6.07, 6.45) is 4.01. The van der Waals surface area contributed by atoms with E-state index in [0.29, 0.717) is 11.8 Å². The zero-order valence-corrected chi connectivity index (χ0v) is 13.6. The first kappa shape index (κ1) is 14.3. The number of phenolic OH excluding ortho intramolecular Hbond substituents is 1. The average molecular weight is 327 g/mol. The molecule has 3 aromatic rings. The van der Waals surface area contributed by atoms with Crippen molar-refractivity contribution >= 4 is 27.4 Å². The lowest BCUT2D eigenvalue weighted by molar-refractivity contribution is 0.373. The summed E-state index contributed by atoms with van der Waals surface area (Å²) in [6.45, 7) is 0.739. The molecule has 5 nitrogen and oxygen atoms in total. The highest BCUT2D eigenvalue weighted by atomic mass is 32.1. The van der Waals surface area contributed by atoms with E-state index in [2.05, 4.69) is 26.3 Å². The van der Waals surface area contributed by atoms with Crippen LogP contribution in [-0.2, 0) is 6.54 Å². The monoisotopic (exact) mass is 327 g/mol. The summed E-state index contributed by atoms with van der Waals surface area (Å²) in [7, 11) is 1.57. The molecule has 1 aliphatic rings. The average Bonchev–Trinajstić information content (AvgIpc) is 3.30. The van der Waals surface area contributed by atoms with Gasteiger partial charge < -0.3 is 14.7 Å². The van der Waals surface area contributed by atoms with Crippen LogP contribution in [0.3, 0.4) is 0 Å². The first-order chi connectivity index (χ1) is 11.3. The number of thiophene rings is 1. The van der Waals surface area contributed by atoms with Gasteiger partial charge in [0.25, 0.3) is 0 Å². The molecule has 0 atom stereocenters. The largest absolute Gasteiger partial charge is 0.504 e. The molecule has 1 fully saturated rings. The topological polar surface area (TPSA) is 58.5 Å².